The molecule has 0 radical (unpaired) electrons. The van der Waals surface area contributed by atoms with Crippen molar-refractivity contribution in [2.24, 2.45) is 5.41 Å². The lowest BCUT2D eigenvalue weighted by atomic mass is 9.90. The van der Waals surface area contributed by atoms with Crippen molar-refractivity contribution >= 4 is 5.97 Å². The van der Waals surface area contributed by atoms with E-state index in [1.165, 1.54) is 11.8 Å². The van der Waals surface area contributed by atoms with Gasteiger partial charge >= 0.3 is 5.97 Å². The Bertz CT molecular complexity index is 578. The number of aliphatic carboxylic acids is 1. The van der Waals surface area contributed by atoms with Crippen molar-refractivity contribution in [2.45, 2.75) is 19.9 Å². The summed E-state index contributed by atoms with van der Waals surface area (Å²) in [5.41, 5.74) is -2.04. The van der Waals surface area contributed by atoms with Gasteiger partial charge < -0.3 is 5.11 Å². The van der Waals surface area contributed by atoms with Crippen molar-refractivity contribution < 1.29 is 31.9 Å². The minimum Gasteiger partial charge on any atom is -0.481 e. The number of rotatable bonds is 3. The zero-order chi connectivity index (χ0) is 15.9. The molecule has 116 valence electrons. The number of carbonyl (C=O) groups is 1. The lowest BCUT2D eigenvalue weighted by Gasteiger charge is -2.20. The third-order valence-electron chi connectivity index (χ3n) is 3.75. The number of nitrogens with zero attached hydrogens (tertiary/aromatic N) is 1. The Morgan fingerprint density at radius 1 is 1.10 bits per heavy atom. The molecule has 0 amide bonds. The fourth-order valence-electron chi connectivity index (χ4n) is 2.38. The second-order valence-electron chi connectivity index (χ2n) is 5.37. The monoisotopic (exact) mass is 309 g/mol. The van der Waals surface area contributed by atoms with Crippen molar-refractivity contribution in [1.29, 1.82) is 0 Å². The van der Waals surface area contributed by atoms with Gasteiger partial charge in [0.05, 0.1) is 5.41 Å². The molecule has 8 heteroatoms. The Morgan fingerprint density at radius 2 is 1.57 bits per heavy atom. The van der Waals surface area contributed by atoms with Gasteiger partial charge in [0.25, 0.3) is 0 Å². The van der Waals surface area contributed by atoms with Crippen LogP contribution < -0.4 is 0 Å². The summed E-state index contributed by atoms with van der Waals surface area (Å²) in [4.78, 5) is 12.4. The number of benzene rings is 1. The molecular weight excluding hydrogens is 297 g/mol. The first-order valence-corrected chi connectivity index (χ1v) is 6.13. The molecule has 0 bridgehead atoms. The summed E-state index contributed by atoms with van der Waals surface area (Å²) in [5, 5.41) is 9.05. The summed E-state index contributed by atoms with van der Waals surface area (Å²) >= 11 is 0. The van der Waals surface area contributed by atoms with Crippen molar-refractivity contribution in [2.75, 3.05) is 13.1 Å². The molecule has 3 nitrogen and oxygen atoms in total. The van der Waals surface area contributed by atoms with Crippen molar-refractivity contribution in [1.82, 2.24) is 4.90 Å². The van der Waals surface area contributed by atoms with Gasteiger partial charge in [-0.2, -0.15) is 0 Å². The van der Waals surface area contributed by atoms with Crippen LogP contribution in [0.5, 0.6) is 0 Å². The Morgan fingerprint density at radius 3 is 2.00 bits per heavy atom. The normalized spacial score (nSPS) is 22.8. The van der Waals surface area contributed by atoms with Gasteiger partial charge in [-0.05, 0) is 19.9 Å². The van der Waals surface area contributed by atoms with E-state index in [1.54, 1.807) is 0 Å². The van der Waals surface area contributed by atoms with Gasteiger partial charge in [-0.15, -0.1) is 0 Å². The summed E-state index contributed by atoms with van der Waals surface area (Å²) in [6, 6.07) is 0. The first kappa shape index (κ1) is 15.7. The molecular formula is C13H12F5NO2. The van der Waals surface area contributed by atoms with Crippen LogP contribution >= 0.6 is 0 Å². The van der Waals surface area contributed by atoms with Crippen LogP contribution in [-0.4, -0.2) is 29.1 Å². The average molecular weight is 309 g/mol. The van der Waals surface area contributed by atoms with E-state index >= 15 is 0 Å². The fraction of sp³-hybridized carbons (Fsp3) is 0.462. The number of carboxylic acids is 1. The molecule has 21 heavy (non-hydrogen) atoms. The van der Waals surface area contributed by atoms with E-state index < -0.39 is 52.6 Å². The zero-order valence-electron chi connectivity index (χ0n) is 11.0. The second kappa shape index (κ2) is 5.25. The molecule has 1 aromatic rings. The van der Waals surface area contributed by atoms with E-state index in [9.17, 15) is 26.7 Å². The van der Waals surface area contributed by atoms with Crippen LogP contribution in [0.4, 0.5) is 22.0 Å². The van der Waals surface area contributed by atoms with E-state index in [-0.39, 0.29) is 19.5 Å². The first-order valence-electron chi connectivity index (χ1n) is 6.13. The van der Waals surface area contributed by atoms with Crippen LogP contribution in [0.15, 0.2) is 0 Å². The van der Waals surface area contributed by atoms with E-state index in [2.05, 4.69) is 0 Å². The summed E-state index contributed by atoms with van der Waals surface area (Å²) in [6.45, 7) is 1.10. The topological polar surface area (TPSA) is 40.5 Å². The number of carboxylic acid groups (broad SMARTS) is 1. The highest BCUT2D eigenvalue weighted by Gasteiger charge is 2.41. The number of hydrogen-bond acceptors (Lipinski definition) is 2. The van der Waals surface area contributed by atoms with Gasteiger partial charge in [0.15, 0.2) is 23.3 Å². The highest BCUT2D eigenvalue weighted by molar-refractivity contribution is 5.74. The zero-order valence-corrected chi connectivity index (χ0v) is 11.0. The average Bonchev–Trinajstić information content (AvgIpc) is 2.82. The highest BCUT2D eigenvalue weighted by atomic mass is 19.2. The lowest BCUT2D eigenvalue weighted by molar-refractivity contribution is -0.147. The van der Waals surface area contributed by atoms with Gasteiger partial charge in [0.2, 0.25) is 5.82 Å². The molecule has 0 spiro atoms. The summed E-state index contributed by atoms with van der Waals surface area (Å²) in [5.74, 6) is -11.0. The minimum absolute atomic E-state index is 0.0260. The number of likely N-dealkylation sites (tertiary alicyclic amines) is 1. The van der Waals surface area contributed by atoms with Crippen LogP contribution in [-0.2, 0) is 11.3 Å². The predicted octanol–water partition coefficient (Wildman–Crippen LogP) is 2.68. The molecule has 1 unspecified atom stereocenters. The summed E-state index contributed by atoms with van der Waals surface area (Å²) in [7, 11) is 0. The number of halogens is 5. The first-order chi connectivity index (χ1) is 9.67. The fourth-order valence-corrected chi connectivity index (χ4v) is 2.38. The van der Waals surface area contributed by atoms with Crippen LogP contribution in [0.2, 0.25) is 0 Å². The number of hydrogen-bond donors (Lipinski definition) is 1. The lowest BCUT2D eigenvalue weighted by Crippen LogP contribution is -2.32. The van der Waals surface area contributed by atoms with Crippen molar-refractivity contribution in [3.63, 3.8) is 0 Å². The SMILES string of the molecule is CC1(C(=O)O)CCN(Cc2c(F)c(F)c(F)c(F)c2F)C1. The van der Waals surface area contributed by atoms with E-state index in [4.69, 9.17) is 5.11 Å². The van der Waals surface area contributed by atoms with Gasteiger partial charge in [0.1, 0.15) is 0 Å². The smallest absolute Gasteiger partial charge is 0.310 e. The Hall–Kier alpha value is -1.70. The largest absolute Gasteiger partial charge is 0.481 e. The molecule has 1 saturated heterocycles. The Balaban J connectivity index is 2.28. The standard InChI is InChI=1S/C13H12F5NO2/c1-13(12(20)21)2-3-19(5-13)4-6-7(14)9(16)11(18)10(17)8(6)15/h2-5H2,1H3,(H,20,21). The van der Waals surface area contributed by atoms with Gasteiger partial charge in [-0.3, -0.25) is 9.69 Å². The van der Waals surface area contributed by atoms with Crippen LogP contribution in [0.25, 0.3) is 0 Å². The van der Waals surface area contributed by atoms with Crippen LogP contribution in [0, 0.1) is 34.5 Å². The van der Waals surface area contributed by atoms with E-state index in [0.717, 1.165) is 0 Å². The highest BCUT2D eigenvalue weighted by Crippen LogP contribution is 2.32. The predicted molar refractivity (Wildman–Crippen MR) is 61.9 cm³/mol. The second-order valence-corrected chi connectivity index (χ2v) is 5.37. The molecule has 0 aromatic heterocycles. The molecule has 0 aliphatic carbocycles. The minimum atomic E-state index is -2.20. The summed E-state index contributed by atoms with van der Waals surface area (Å²) in [6.07, 6.45) is 0.234. The maximum Gasteiger partial charge on any atom is 0.310 e. The molecule has 1 aliphatic heterocycles. The van der Waals surface area contributed by atoms with Crippen molar-refractivity contribution in [3.8, 4) is 0 Å². The maximum absolute atomic E-state index is 13.5. The molecule has 1 atom stereocenters. The maximum atomic E-state index is 13.5. The Labute approximate surface area is 117 Å². The molecule has 1 aromatic carbocycles. The van der Waals surface area contributed by atoms with E-state index in [1.807, 2.05) is 0 Å². The van der Waals surface area contributed by atoms with Crippen LogP contribution in [0.3, 0.4) is 0 Å². The Kier molecular flexibility index (Phi) is 3.92. The molecule has 1 N–H and O–H groups in total. The molecule has 0 saturated carbocycles. The van der Waals surface area contributed by atoms with Gasteiger partial charge in [-0.25, -0.2) is 22.0 Å². The molecule has 2 rings (SSSR count). The molecule has 1 aliphatic rings. The van der Waals surface area contributed by atoms with Gasteiger partial charge in [-0.1, -0.05) is 0 Å². The molecule has 1 fully saturated rings. The quantitative estimate of drug-likeness (QED) is 0.530. The third kappa shape index (κ3) is 2.59. The molecule has 1 heterocycles. The van der Waals surface area contributed by atoms with Crippen LogP contribution in [0.1, 0.15) is 18.9 Å². The third-order valence-corrected chi connectivity index (χ3v) is 3.75. The van der Waals surface area contributed by atoms with Crippen molar-refractivity contribution in [3.05, 3.63) is 34.6 Å². The summed E-state index contributed by atoms with van der Waals surface area (Å²) < 4.78 is 66.2. The van der Waals surface area contributed by atoms with E-state index in [0.29, 0.717) is 0 Å². The van der Waals surface area contributed by atoms with Gasteiger partial charge in [0, 0.05) is 18.7 Å².